The van der Waals surface area contributed by atoms with Crippen LogP contribution in [0.25, 0.3) is 0 Å². The maximum atomic E-state index is 14.2. The largest absolute Gasteiger partial charge is 0.399 e. The van der Waals surface area contributed by atoms with Gasteiger partial charge in [-0.1, -0.05) is 61.7 Å². The first kappa shape index (κ1) is 22.2. The van der Waals surface area contributed by atoms with Crippen LogP contribution in [0.2, 0.25) is 0 Å². The standard InChI is InChI=1S/C29H32N4O/c1-20-13-15-25-27(17-20)33(26-16-14-24(30)18-21(26)2)29(34)32(19-22-9-5-3-6-10-22)31-28(25)23-11-7-4-8-12-23/h3,5-6,9-10,13-18,23H,4,7-8,11-12,19,30H2,1-2H3. The summed E-state index contributed by atoms with van der Waals surface area (Å²) in [6.45, 7) is 4.50. The smallest absolute Gasteiger partial charge is 0.349 e. The van der Waals surface area contributed by atoms with Crippen LogP contribution in [0.15, 0.2) is 71.8 Å². The number of hydrogen-bond acceptors (Lipinski definition) is 3. The summed E-state index contributed by atoms with van der Waals surface area (Å²) in [5, 5.41) is 6.76. The fourth-order valence-electron chi connectivity index (χ4n) is 5.19. The van der Waals surface area contributed by atoms with E-state index in [1.807, 2.05) is 60.4 Å². The number of carbonyl (C=O) groups excluding carboxylic acids is 1. The minimum absolute atomic E-state index is 0.144. The second kappa shape index (κ2) is 9.34. The van der Waals surface area contributed by atoms with Gasteiger partial charge in [0, 0.05) is 17.2 Å². The quantitative estimate of drug-likeness (QED) is 0.436. The lowest BCUT2D eigenvalue weighted by atomic mass is 9.82. The predicted molar refractivity (Wildman–Crippen MR) is 139 cm³/mol. The number of urea groups is 1. The van der Waals surface area contributed by atoms with Gasteiger partial charge in [-0.3, -0.25) is 4.90 Å². The van der Waals surface area contributed by atoms with E-state index in [9.17, 15) is 4.79 Å². The normalized spacial score (nSPS) is 16.8. The second-order valence-electron chi connectivity index (χ2n) is 9.55. The Balaban J connectivity index is 1.70. The van der Waals surface area contributed by atoms with Crippen molar-refractivity contribution in [1.29, 1.82) is 0 Å². The summed E-state index contributed by atoms with van der Waals surface area (Å²) in [5.74, 6) is 0.355. The number of amides is 2. The first-order chi connectivity index (χ1) is 16.5. The highest BCUT2D eigenvalue weighted by atomic mass is 16.2. The highest BCUT2D eigenvalue weighted by Crippen LogP contribution is 2.39. The van der Waals surface area contributed by atoms with E-state index < -0.39 is 0 Å². The Morgan fingerprint density at radius 2 is 1.68 bits per heavy atom. The molecule has 0 saturated heterocycles. The summed E-state index contributed by atoms with van der Waals surface area (Å²) in [4.78, 5) is 16.0. The average molecular weight is 453 g/mol. The Hall–Kier alpha value is -3.60. The number of rotatable bonds is 4. The van der Waals surface area contributed by atoms with E-state index in [0.717, 1.165) is 52.2 Å². The van der Waals surface area contributed by atoms with Gasteiger partial charge in [0.2, 0.25) is 0 Å². The molecule has 0 radical (unpaired) electrons. The molecule has 2 amide bonds. The van der Waals surface area contributed by atoms with Gasteiger partial charge in [-0.2, -0.15) is 5.10 Å². The molecule has 0 atom stereocenters. The zero-order valence-corrected chi connectivity index (χ0v) is 20.0. The third-order valence-corrected chi connectivity index (χ3v) is 6.94. The number of hydrogen-bond donors (Lipinski definition) is 1. The Bertz CT molecular complexity index is 1230. The molecule has 0 aromatic heterocycles. The Morgan fingerprint density at radius 3 is 2.41 bits per heavy atom. The number of benzene rings is 3. The molecule has 0 bridgehead atoms. The topological polar surface area (TPSA) is 61.9 Å². The summed E-state index contributed by atoms with van der Waals surface area (Å²) in [6, 6.07) is 22.1. The van der Waals surface area contributed by atoms with Gasteiger partial charge in [0.05, 0.1) is 23.6 Å². The molecule has 0 unspecified atom stereocenters. The number of aryl methyl sites for hydroxylation is 2. The van der Waals surface area contributed by atoms with Gasteiger partial charge in [0.25, 0.3) is 0 Å². The van der Waals surface area contributed by atoms with Crippen molar-refractivity contribution in [2.75, 3.05) is 10.6 Å². The molecule has 3 aromatic rings. The molecule has 1 heterocycles. The van der Waals surface area contributed by atoms with Gasteiger partial charge >= 0.3 is 6.03 Å². The van der Waals surface area contributed by atoms with E-state index in [2.05, 4.69) is 25.1 Å². The first-order valence-electron chi connectivity index (χ1n) is 12.2. The van der Waals surface area contributed by atoms with Gasteiger partial charge in [-0.25, -0.2) is 9.80 Å². The number of anilines is 3. The zero-order valence-electron chi connectivity index (χ0n) is 20.0. The first-order valence-corrected chi connectivity index (χ1v) is 12.2. The van der Waals surface area contributed by atoms with Gasteiger partial charge in [-0.05, 0) is 67.6 Å². The lowest BCUT2D eigenvalue weighted by Crippen LogP contribution is -2.37. The zero-order chi connectivity index (χ0) is 23.7. The van der Waals surface area contributed by atoms with Gasteiger partial charge in [0.15, 0.2) is 0 Å². The molecule has 5 nitrogen and oxygen atoms in total. The minimum Gasteiger partial charge on any atom is -0.399 e. The predicted octanol–water partition coefficient (Wildman–Crippen LogP) is 6.94. The molecule has 3 aromatic carbocycles. The van der Waals surface area contributed by atoms with Crippen LogP contribution in [0.4, 0.5) is 21.9 Å². The van der Waals surface area contributed by atoms with Crippen molar-refractivity contribution in [3.8, 4) is 0 Å². The van der Waals surface area contributed by atoms with Crippen molar-refractivity contribution in [2.45, 2.75) is 52.5 Å². The van der Waals surface area contributed by atoms with E-state index in [1.165, 1.54) is 19.3 Å². The van der Waals surface area contributed by atoms with Crippen LogP contribution in [-0.4, -0.2) is 16.8 Å². The third-order valence-electron chi connectivity index (χ3n) is 6.94. The SMILES string of the molecule is Cc1ccc2c(c1)N(c1ccc(N)cc1C)C(=O)N(Cc1ccccc1)N=C2C1CCCCC1. The van der Waals surface area contributed by atoms with Gasteiger partial charge in [0.1, 0.15) is 0 Å². The third kappa shape index (κ3) is 4.30. The fourth-order valence-corrected chi connectivity index (χ4v) is 5.19. The summed E-state index contributed by atoms with van der Waals surface area (Å²) in [5.41, 5.74) is 13.7. The molecule has 174 valence electrons. The lowest BCUT2D eigenvalue weighted by molar-refractivity contribution is 0.207. The van der Waals surface area contributed by atoms with Gasteiger partial charge < -0.3 is 5.73 Å². The molecule has 0 spiro atoms. The number of nitrogen functional groups attached to an aromatic ring is 1. The van der Waals surface area contributed by atoms with E-state index in [0.29, 0.717) is 18.2 Å². The van der Waals surface area contributed by atoms with Crippen LogP contribution in [0.5, 0.6) is 0 Å². The molecule has 34 heavy (non-hydrogen) atoms. The molecule has 2 aliphatic rings. The van der Waals surface area contributed by atoms with Crippen LogP contribution in [0, 0.1) is 19.8 Å². The highest BCUT2D eigenvalue weighted by molar-refractivity contribution is 6.14. The molecule has 1 saturated carbocycles. The Kier molecular flexibility index (Phi) is 6.10. The highest BCUT2D eigenvalue weighted by Gasteiger charge is 2.34. The maximum Gasteiger partial charge on any atom is 0.349 e. The summed E-state index contributed by atoms with van der Waals surface area (Å²) in [6.07, 6.45) is 5.91. The van der Waals surface area contributed by atoms with Crippen LogP contribution >= 0.6 is 0 Å². The average Bonchev–Trinajstić information content (AvgIpc) is 2.95. The molecular formula is C29H32N4O. The Morgan fingerprint density at radius 1 is 0.912 bits per heavy atom. The minimum atomic E-state index is -0.144. The van der Waals surface area contributed by atoms with Crippen molar-refractivity contribution >= 4 is 28.8 Å². The van der Waals surface area contributed by atoms with Crippen molar-refractivity contribution in [1.82, 2.24) is 5.01 Å². The number of nitrogens with two attached hydrogens (primary N) is 1. The van der Waals surface area contributed by atoms with Crippen LogP contribution in [0.3, 0.4) is 0 Å². The maximum absolute atomic E-state index is 14.2. The fraction of sp³-hybridized carbons (Fsp3) is 0.310. The molecule has 1 fully saturated rings. The van der Waals surface area contributed by atoms with Crippen LogP contribution < -0.4 is 10.6 Å². The van der Waals surface area contributed by atoms with E-state index in [-0.39, 0.29) is 6.03 Å². The molecule has 2 N–H and O–H groups in total. The number of hydrazone groups is 1. The summed E-state index contributed by atoms with van der Waals surface area (Å²) < 4.78 is 0. The molecule has 5 heteroatoms. The van der Waals surface area contributed by atoms with Gasteiger partial charge in [-0.15, -0.1) is 0 Å². The number of carbonyl (C=O) groups is 1. The second-order valence-corrected chi connectivity index (χ2v) is 9.55. The van der Waals surface area contributed by atoms with Crippen LogP contribution in [-0.2, 0) is 6.54 Å². The number of fused-ring (bicyclic) bond motifs is 1. The van der Waals surface area contributed by atoms with E-state index >= 15 is 0 Å². The molecule has 1 aliphatic heterocycles. The number of nitrogens with zero attached hydrogens (tertiary/aromatic N) is 3. The molecule has 1 aliphatic carbocycles. The summed E-state index contributed by atoms with van der Waals surface area (Å²) >= 11 is 0. The molecular weight excluding hydrogens is 420 g/mol. The van der Waals surface area contributed by atoms with E-state index in [4.69, 9.17) is 10.8 Å². The Labute approximate surface area is 201 Å². The van der Waals surface area contributed by atoms with Crippen molar-refractivity contribution in [3.63, 3.8) is 0 Å². The van der Waals surface area contributed by atoms with Crippen LogP contribution in [0.1, 0.15) is 54.4 Å². The monoisotopic (exact) mass is 452 g/mol. The van der Waals surface area contributed by atoms with Crippen molar-refractivity contribution < 1.29 is 4.79 Å². The summed E-state index contributed by atoms with van der Waals surface area (Å²) in [7, 11) is 0. The molecule has 5 rings (SSSR count). The lowest BCUT2D eigenvalue weighted by Gasteiger charge is -2.28. The van der Waals surface area contributed by atoms with Crippen molar-refractivity contribution in [3.05, 3.63) is 89.0 Å². The van der Waals surface area contributed by atoms with Crippen molar-refractivity contribution in [2.24, 2.45) is 11.0 Å². The van der Waals surface area contributed by atoms with E-state index in [1.54, 1.807) is 5.01 Å².